The fourth-order valence-electron chi connectivity index (χ4n) is 1.79. The Morgan fingerprint density at radius 3 is 2.35 bits per heavy atom. The molecule has 17 heavy (non-hydrogen) atoms. The van der Waals surface area contributed by atoms with E-state index in [1.165, 1.54) is 0 Å². The van der Waals surface area contributed by atoms with Crippen LogP contribution in [0.3, 0.4) is 0 Å². The van der Waals surface area contributed by atoms with Gasteiger partial charge in [0.1, 0.15) is 5.52 Å². The van der Waals surface area contributed by atoms with Crippen LogP contribution in [0.2, 0.25) is 10.3 Å². The molecule has 0 unspecified atom stereocenters. The maximum atomic E-state index is 6.05. The van der Waals surface area contributed by atoms with Gasteiger partial charge in [0, 0.05) is 12.4 Å². The number of aryl methyl sites for hydroxylation is 2. The van der Waals surface area contributed by atoms with E-state index in [-0.39, 0.29) is 10.3 Å². The number of fused-ring (bicyclic) bond motifs is 3. The van der Waals surface area contributed by atoms with Gasteiger partial charge < -0.3 is 0 Å². The van der Waals surface area contributed by atoms with E-state index < -0.39 is 0 Å². The highest BCUT2D eigenvalue weighted by Crippen LogP contribution is 2.32. The highest BCUT2D eigenvalue weighted by atomic mass is 35.5. The molecular weight excluding hydrogens is 263 g/mol. The van der Waals surface area contributed by atoms with E-state index in [0.717, 1.165) is 5.69 Å². The van der Waals surface area contributed by atoms with Crippen molar-refractivity contribution in [3.05, 3.63) is 16.0 Å². The lowest BCUT2D eigenvalue weighted by atomic mass is 10.2. The van der Waals surface area contributed by atoms with Crippen LogP contribution >= 0.6 is 23.2 Å². The Kier molecular flexibility index (Phi) is 2.17. The van der Waals surface area contributed by atoms with E-state index >= 15 is 0 Å². The second-order valence-electron chi connectivity index (χ2n) is 3.61. The lowest BCUT2D eigenvalue weighted by molar-refractivity contribution is 0.729. The number of hydrogen-bond acceptors (Lipinski definition) is 5. The maximum Gasteiger partial charge on any atom is 0.179 e. The highest BCUT2D eigenvalue weighted by Gasteiger charge is 2.17. The van der Waals surface area contributed by atoms with Crippen LogP contribution in [0.1, 0.15) is 5.69 Å². The third-order valence-electron chi connectivity index (χ3n) is 2.56. The van der Waals surface area contributed by atoms with Gasteiger partial charge in [0.25, 0.3) is 0 Å². The second kappa shape index (κ2) is 3.48. The van der Waals surface area contributed by atoms with Crippen LogP contribution in [0, 0.1) is 6.92 Å². The van der Waals surface area contributed by atoms with Crippen LogP contribution in [-0.4, -0.2) is 30.2 Å². The summed E-state index contributed by atoms with van der Waals surface area (Å²) in [5.74, 6) is 0. The number of hydrogen-bond donors (Lipinski definition) is 0. The minimum Gasteiger partial charge on any atom is -0.231 e. The molecule has 0 aromatic carbocycles. The molecule has 0 fully saturated rings. The monoisotopic (exact) mass is 268 g/mol. The molecule has 0 saturated carbocycles. The van der Waals surface area contributed by atoms with Gasteiger partial charge in [-0.15, -0.1) is 15.3 Å². The summed E-state index contributed by atoms with van der Waals surface area (Å²) in [6.45, 7) is 1.83. The lowest BCUT2D eigenvalue weighted by Gasteiger charge is -2.04. The third-order valence-corrected chi connectivity index (χ3v) is 3.09. The summed E-state index contributed by atoms with van der Waals surface area (Å²) in [5.41, 5.74) is 1.94. The van der Waals surface area contributed by atoms with Gasteiger partial charge in [-0.3, -0.25) is 0 Å². The predicted molar refractivity (Wildman–Crippen MR) is 64.2 cm³/mol. The summed E-state index contributed by atoms with van der Waals surface area (Å²) in [4.78, 5) is 4.39. The average Bonchev–Trinajstić information content (AvgIpc) is 2.65. The molecule has 3 rings (SSSR count). The first-order valence-electron chi connectivity index (χ1n) is 4.77. The standard InChI is InChI=1S/C9H6Cl2N6/c1-3-4-5(8(11)15-14-7(4)10)6-9(12-3)17(2)16-13-6/h1-2H3. The van der Waals surface area contributed by atoms with Crippen molar-refractivity contribution in [2.24, 2.45) is 7.05 Å². The van der Waals surface area contributed by atoms with Crippen molar-refractivity contribution < 1.29 is 0 Å². The van der Waals surface area contributed by atoms with Gasteiger partial charge >= 0.3 is 0 Å². The molecule has 3 aromatic heterocycles. The molecule has 3 heterocycles. The van der Waals surface area contributed by atoms with Crippen molar-refractivity contribution in [3.63, 3.8) is 0 Å². The fourth-order valence-corrected chi connectivity index (χ4v) is 2.29. The quantitative estimate of drug-likeness (QED) is 0.623. The molecule has 3 aromatic rings. The van der Waals surface area contributed by atoms with Crippen LogP contribution in [-0.2, 0) is 7.05 Å². The van der Waals surface area contributed by atoms with E-state index in [4.69, 9.17) is 23.2 Å². The minimum absolute atomic E-state index is 0.250. The van der Waals surface area contributed by atoms with Crippen LogP contribution < -0.4 is 0 Å². The molecule has 0 amide bonds. The third kappa shape index (κ3) is 1.37. The molecule has 0 spiro atoms. The Hall–Kier alpha value is -1.53. The Bertz CT molecular complexity index is 750. The van der Waals surface area contributed by atoms with E-state index in [1.807, 2.05) is 6.92 Å². The topological polar surface area (TPSA) is 69.4 Å². The Morgan fingerprint density at radius 2 is 1.65 bits per heavy atom. The number of halogens is 2. The molecule has 0 aliphatic carbocycles. The predicted octanol–water partition coefficient (Wildman–Crippen LogP) is 1.92. The van der Waals surface area contributed by atoms with Gasteiger partial charge in [0.05, 0.1) is 11.1 Å². The van der Waals surface area contributed by atoms with Gasteiger partial charge in [-0.2, -0.15) is 0 Å². The number of nitrogens with zero attached hydrogens (tertiary/aromatic N) is 6. The van der Waals surface area contributed by atoms with Crippen molar-refractivity contribution in [1.29, 1.82) is 0 Å². The summed E-state index contributed by atoms with van der Waals surface area (Å²) in [6, 6.07) is 0. The van der Waals surface area contributed by atoms with Crippen molar-refractivity contribution in [2.75, 3.05) is 0 Å². The summed E-state index contributed by atoms with van der Waals surface area (Å²) in [7, 11) is 1.76. The molecule has 0 bridgehead atoms. The van der Waals surface area contributed by atoms with Crippen molar-refractivity contribution in [1.82, 2.24) is 30.2 Å². The minimum atomic E-state index is 0.250. The molecule has 0 saturated heterocycles. The summed E-state index contributed by atoms with van der Waals surface area (Å²) in [6.07, 6.45) is 0. The van der Waals surface area contributed by atoms with Gasteiger partial charge in [0.2, 0.25) is 0 Å². The van der Waals surface area contributed by atoms with Crippen molar-refractivity contribution in [3.8, 4) is 0 Å². The molecule has 0 atom stereocenters. The van der Waals surface area contributed by atoms with Gasteiger partial charge in [-0.1, -0.05) is 28.4 Å². The number of pyridine rings is 1. The van der Waals surface area contributed by atoms with E-state index in [0.29, 0.717) is 21.9 Å². The summed E-state index contributed by atoms with van der Waals surface area (Å²) in [5, 5.41) is 17.3. The zero-order chi connectivity index (χ0) is 12.2. The summed E-state index contributed by atoms with van der Waals surface area (Å²) < 4.78 is 1.58. The second-order valence-corrected chi connectivity index (χ2v) is 4.33. The largest absolute Gasteiger partial charge is 0.231 e. The Labute approximate surface area is 106 Å². The molecule has 0 radical (unpaired) electrons. The Balaban J connectivity index is 2.70. The van der Waals surface area contributed by atoms with E-state index in [2.05, 4.69) is 25.5 Å². The fraction of sp³-hybridized carbons (Fsp3) is 0.222. The van der Waals surface area contributed by atoms with Crippen molar-refractivity contribution in [2.45, 2.75) is 6.92 Å². The van der Waals surface area contributed by atoms with E-state index in [9.17, 15) is 0 Å². The molecule has 8 heteroatoms. The first kappa shape index (κ1) is 10.6. The molecule has 0 aliphatic heterocycles. The number of rotatable bonds is 0. The van der Waals surface area contributed by atoms with Gasteiger partial charge in [0.15, 0.2) is 16.0 Å². The summed E-state index contributed by atoms with van der Waals surface area (Å²) >= 11 is 12.1. The molecular formula is C9H6Cl2N6. The smallest absolute Gasteiger partial charge is 0.179 e. The molecule has 6 nitrogen and oxygen atoms in total. The number of aromatic nitrogens is 6. The highest BCUT2D eigenvalue weighted by molar-refractivity contribution is 6.40. The van der Waals surface area contributed by atoms with E-state index in [1.54, 1.807) is 11.7 Å². The van der Waals surface area contributed by atoms with Crippen LogP contribution in [0.4, 0.5) is 0 Å². The zero-order valence-corrected chi connectivity index (χ0v) is 10.5. The molecule has 86 valence electrons. The van der Waals surface area contributed by atoms with Crippen LogP contribution in [0.5, 0.6) is 0 Å². The van der Waals surface area contributed by atoms with Gasteiger partial charge in [-0.05, 0) is 6.92 Å². The molecule has 0 aliphatic rings. The lowest BCUT2D eigenvalue weighted by Crippen LogP contribution is -1.96. The Morgan fingerprint density at radius 1 is 1.00 bits per heavy atom. The first-order chi connectivity index (χ1) is 8.09. The van der Waals surface area contributed by atoms with Crippen LogP contribution in [0.25, 0.3) is 21.9 Å². The van der Waals surface area contributed by atoms with Gasteiger partial charge in [-0.25, -0.2) is 9.67 Å². The van der Waals surface area contributed by atoms with Crippen molar-refractivity contribution >= 4 is 45.1 Å². The zero-order valence-electron chi connectivity index (χ0n) is 8.94. The van der Waals surface area contributed by atoms with Crippen LogP contribution in [0.15, 0.2) is 0 Å². The maximum absolute atomic E-state index is 6.05. The normalized spacial score (nSPS) is 11.5. The SMILES string of the molecule is Cc1nc2c(nnn2C)c2c(Cl)nnc(Cl)c12. The molecule has 0 N–H and O–H groups in total. The average molecular weight is 269 g/mol. The first-order valence-corrected chi connectivity index (χ1v) is 5.52.